The van der Waals surface area contributed by atoms with Crippen molar-refractivity contribution in [2.75, 3.05) is 13.1 Å². The van der Waals surface area contributed by atoms with Crippen molar-refractivity contribution in [3.63, 3.8) is 0 Å². The molecule has 2 aromatic rings. The van der Waals surface area contributed by atoms with Gasteiger partial charge in [0.2, 0.25) is 10.0 Å². The van der Waals surface area contributed by atoms with E-state index >= 15 is 0 Å². The Balaban J connectivity index is 0.00000280. The maximum absolute atomic E-state index is 12.6. The standard InChI is InChI=1S/C20H24N2O4S.ClH/c1-13-6-7-15(10-19(13)27(21,25)26)18(23)12-22-11-16-9-8-14-4-2-3-5-17(14)20(16)24;/h2-7,10,16,18,22-23H,8-9,11-12H2,1H3,(H2,21,25,26);1H/t16-,18-;/m1./s1. The number of aryl methyl sites for hydroxylation is 2. The van der Waals surface area contributed by atoms with Gasteiger partial charge in [-0.3, -0.25) is 4.79 Å². The number of nitrogens with one attached hydrogen (secondary N) is 1. The third-order valence-electron chi connectivity index (χ3n) is 5.05. The summed E-state index contributed by atoms with van der Waals surface area (Å²) in [5, 5.41) is 18.7. The summed E-state index contributed by atoms with van der Waals surface area (Å²) in [7, 11) is -3.84. The molecule has 1 aliphatic rings. The molecule has 0 saturated carbocycles. The molecule has 0 saturated heterocycles. The van der Waals surface area contributed by atoms with E-state index in [9.17, 15) is 18.3 Å². The van der Waals surface area contributed by atoms with Crippen molar-refractivity contribution in [3.05, 3.63) is 64.7 Å². The first kappa shape index (κ1) is 22.5. The largest absolute Gasteiger partial charge is 0.387 e. The van der Waals surface area contributed by atoms with Gasteiger partial charge in [0.05, 0.1) is 11.0 Å². The quantitative estimate of drug-likeness (QED) is 0.658. The van der Waals surface area contributed by atoms with Crippen molar-refractivity contribution in [1.82, 2.24) is 5.32 Å². The highest BCUT2D eigenvalue weighted by Crippen LogP contribution is 2.25. The number of Topliss-reactive ketones (excluding diaryl/α,β-unsaturated/α-hetero) is 1. The van der Waals surface area contributed by atoms with Crippen LogP contribution in [-0.4, -0.2) is 32.4 Å². The number of halogens is 1. The van der Waals surface area contributed by atoms with Gasteiger partial charge in [0.1, 0.15) is 0 Å². The lowest BCUT2D eigenvalue weighted by Crippen LogP contribution is -2.34. The number of aliphatic hydroxyl groups is 1. The Morgan fingerprint density at radius 1 is 1.25 bits per heavy atom. The maximum atomic E-state index is 12.6. The molecule has 0 bridgehead atoms. The smallest absolute Gasteiger partial charge is 0.238 e. The number of ketones is 1. The second kappa shape index (κ2) is 9.15. The molecule has 0 aliphatic heterocycles. The molecule has 8 heteroatoms. The minimum absolute atomic E-state index is 0. The monoisotopic (exact) mass is 424 g/mol. The summed E-state index contributed by atoms with van der Waals surface area (Å²) in [6.45, 7) is 2.34. The van der Waals surface area contributed by atoms with E-state index in [2.05, 4.69) is 5.32 Å². The Kier molecular flexibility index (Phi) is 7.36. The molecule has 0 unspecified atom stereocenters. The van der Waals surface area contributed by atoms with Gasteiger partial charge in [0.25, 0.3) is 0 Å². The number of carbonyl (C=O) groups excluding carboxylic acids is 1. The average molecular weight is 425 g/mol. The Labute approximate surface area is 171 Å². The zero-order chi connectivity index (χ0) is 19.6. The summed E-state index contributed by atoms with van der Waals surface area (Å²) in [5.41, 5.74) is 2.88. The molecule has 152 valence electrons. The van der Waals surface area contributed by atoms with Gasteiger partial charge in [-0.1, -0.05) is 36.4 Å². The van der Waals surface area contributed by atoms with Crippen LogP contribution in [0, 0.1) is 12.8 Å². The molecular weight excluding hydrogens is 400 g/mol. The predicted octanol–water partition coefficient (Wildman–Crippen LogP) is 2.13. The minimum Gasteiger partial charge on any atom is -0.387 e. The average Bonchev–Trinajstić information content (AvgIpc) is 2.63. The number of carbonyl (C=O) groups is 1. The number of hydrogen-bond acceptors (Lipinski definition) is 5. The first-order valence-electron chi connectivity index (χ1n) is 8.91. The molecule has 4 N–H and O–H groups in total. The Morgan fingerprint density at radius 3 is 2.68 bits per heavy atom. The lowest BCUT2D eigenvalue weighted by Gasteiger charge is -2.24. The molecule has 0 aromatic heterocycles. The molecule has 0 radical (unpaired) electrons. The highest BCUT2D eigenvalue weighted by molar-refractivity contribution is 7.89. The van der Waals surface area contributed by atoms with E-state index < -0.39 is 16.1 Å². The Bertz CT molecular complexity index is 962. The molecule has 2 atom stereocenters. The van der Waals surface area contributed by atoms with E-state index in [1.807, 2.05) is 24.3 Å². The van der Waals surface area contributed by atoms with Gasteiger partial charge in [0, 0.05) is 24.6 Å². The summed E-state index contributed by atoms with van der Waals surface area (Å²) in [6, 6.07) is 12.4. The minimum atomic E-state index is -3.84. The first-order chi connectivity index (χ1) is 12.8. The fraction of sp³-hybridized carbons (Fsp3) is 0.350. The molecule has 28 heavy (non-hydrogen) atoms. The van der Waals surface area contributed by atoms with Crippen molar-refractivity contribution >= 4 is 28.2 Å². The van der Waals surface area contributed by atoms with Gasteiger partial charge in [-0.05, 0) is 42.5 Å². The van der Waals surface area contributed by atoms with Crippen LogP contribution in [0.15, 0.2) is 47.4 Å². The van der Waals surface area contributed by atoms with Crippen LogP contribution in [0.1, 0.15) is 39.6 Å². The first-order valence-corrected chi connectivity index (χ1v) is 10.5. The van der Waals surface area contributed by atoms with Crippen LogP contribution in [0.25, 0.3) is 0 Å². The van der Waals surface area contributed by atoms with Gasteiger partial charge >= 0.3 is 0 Å². The van der Waals surface area contributed by atoms with Crippen molar-refractivity contribution in [3.8, 4) is 0 Å². The molecule has 2 aromatic carbocycles. The lowest BCUT2D eigenvalue weighted by atomic mass is 9.83. The number of primary sulfonamides is 1. The second-order valence-corrected chi connectivity index (χ2v) is 8.53. The van der Waals surface area contributed by atoms with Crippen molar-refractivity contribution in [2.24, 2.45) is 11.1 Å². The summed E-state index contributed by atoms with van der Waals surface area (Å²) in [4.78, 5) is 12.6. The number of benzene rings is 2. The van der Waals surface area contributed by atoms with Crippen LogP contribution in [0.3, 0.4) is 0 Å². The summed E-state index contributed by atoms with van der Waals surface area (Å²) >= 11 is 0. The summed E-state index contributed by atoms with van der Waals surface area (Å²) < 4.78 is 23.3. The molecule has 0 fully saturated rings. The molecule has 1 aliphatic carbocycles. The lowest BCUT2D eigenvalue weighted by molar-refractivity contribution is 0.0895. The SMILES string of the molecule is Cc1ccc([C@H](O)CNC[C@H]2CCc3ccccc3C2=O)cc1S(N)(=O)=O.Cl. The Hall–Kier alpha value is -1.77. The van der Waals surface area contributed by atoms with Gasteiger partial charge in [-0.15, -0.1) is 12.4 Å². The summed E-state index contributed by atoms with van der Waals surface area (Å²) in [6.07, 6.45) is 0.753. The molecule has 6 nitrogen and oxygen atoms in total. The highest BCUT2D eigenvalue weighted by Gasteiger charge is 2.26. The van der Waals surface area contributed by atoms with Gasteiger partial charge in [0.15, 0.2) is 5.78 Å². The molecule has 0 spiro atoms. The van der Waals surface area contributed by atoms with E-state index in [0.717, 1.165) is 24.0 Å². The Morgan fingerprint density at radius 2 is 1.96 bits per heavy atom. The number of nitrogens with two attached hydrogens (primary N) is 1. The zero-order valence-corrected chi connectivity index (χ0v) is 17.2. The van der Waals surface area contributed by atoms with Gasteiger partial charge in [-0.2, -0.15) is 0 Å². The fourth-order valence-electron chi connectivity index (χ4n) is 3.50. The van der Waals surface area contributed by atoms with Crippen molar-refractivity contribution in [2.45, 2.75) is 30.8 Å². The van der Waals surface area contributed by atoms with E-state index in [-0.39, 0.29) is 35.5 Å². The molecule has 0 amide bonds. The second-order valence-electron chi connectivity index (χ2n) is 7.00. The number of aliphatic hydroxyl groups excluding tert-OH is 1. The topological polar surface area (TPSA) is 109 Å². The van der Waals surface area contributed by atoms with Crippen molar-refractivity contribution in [1.29, 1.82) is 0 Å². The zero-order valence-electron chi connectivity index (χ0n) is 15.6. The van der Waals surface area contributed by atoms with Gasteiger partial charge < -0.3 is 10.4 Å². The van der Waals surface area contributed by atoms with Gasteiger partial charge in [-0.25, -0.2) is 13.6 Å². The predicted molar refractivity (Wildman–Crippen MR) is 110 cm³/mol. The molecule has 0 heterocycles. The van der Waals surface area contributed by atoms with E-state index in [1.165, 1.54) is 6.07 Å². The number of hydrogen-bond donors (Lipinski definition) is 3. The highest BCUT2D eigenvalue weighted by atomic mass is 35.5. The van der Waals surface area contributed by atoms with Crippen LogP contribution in [-0.2, 0) is 16.4 Å². The number of fused-ring (bicyclic) bond motifs is 1. The van der Waals surface area contributed by atoms with Crippen LogP contribution in [0.2, 0.25) is 0 Å². The molecule has 3 rings (SSSR count). The van der Waals surface area contributed by atoms with Crippen molar-refractivity contribution < 1.29 is 18.3 Å². The third kappa shape index (κ3) is 4.98. The van der Waals surface area contributed by atoms with E-state index in [1.54, 1.807) is 19.1 Å². The summed E-state index contributed by atoms with van der Waals surface area (Å²) in [5.74, 6) is 0.00999. The van der Waals surface area contributed by atoms with Crippen LogP contribution in [0.4, 0.5) is 0 Å². The van der Waals surface area contributed by atoms with Crippen LogP contribution in [0.5, 0.6) is 0 Å². The third-order valence-corrected chi connectivity index (χ3v) is 6.10. The maximum Gasteiger partial charge on any atom is 0.238 e. The normalized spacial score (nSPS) is 17.5. The van der Waals surface area contributed by atoms with E-state index in [4.69, 9.17) is 5.14 Å². The fourth-order valence-corrected chi connectivity index (χ4v) is 4.31. The van der Waals surface area contributed by atoms with Crippen LogP contribution < -0.4 is 10.5 Å². The number of sulfonamides is 1. The van der Waals surface area contributed by atoms with Crippen LogP contribution >= 0.6 is 12.4 Å². The molecular formula is C20H25ClN2O4S. The van der Waals surface area contributed by atoms with E-state index in [0.29, 0.717) is 17.7 Å². The number of rotatable bonds is 6.